The van der Waals surface area contributed by atoms with Gasteiger partial charge in [0, 0.05) is 18.6 Å². The van der Waals surface area contributed by atoms with Crippen LogP contribution in [0.25, 0.3) is 0 Å². The molecule has 0 spiro atoms. The molecule has 0 aromatic heterocycles. The van der Waals surface area contributed by atoms with Crippen molar-refractivity contribution in [2.24, 2.45) is 0 Å². The van der Waals surface area contributed by atoms with Gasteiger partial charge in [-0.3, -0.25) is 4.90 Å². The van der Waals surface area contributed by atoms with Crippen LogP contribution in [0.2, 0.25) is 0 Å². The van der Waals surface area contributed by atoms with E-state index in [9.17, 15) is 13.2 Å². The number of alkyl halides is 3. The van der Waals surface area contributed by atoms with Gasteiger partial charge in [0.15, 0.2) is 0 Å². The van der Waals surface area contributed by atoms with E-state index in [-0.39, 0.29) is 6.04 Å². The first kappa shape index (κ1) is 11.2. The summed E-state index contributed by atoms with van der Waals surface area (Å²) in [5.41, 5.74) is 0. The van der Waals surface area contributed by atoms with Gasteiger partial charge in [0.25, 0.3) is 0 Å². The van der Waals surface area contributed by atoms with E-state index >= 15 is 0 Å². The molecule has 1 unspecified atom stereocenters. The van der Waals surface area contributed by atoms with Gasteiger partial charge in [-0.2, -0.15) is 13.2 Å². The highest BCUT2D eigenvalue weighted by Gasteiger charge is 2.36. The van der Waals surface area contributed by atoms with Crippen LogP contribution >= 0.6 is 0 Å². The zero-order valence-electron chi connectivity index (χ0n) is 8.69. The van der Waals surface area contributed by atoms with Crippen LogP contribution in [0.5, 0.6) is 0 Å². The third-order valence-corrected chi connectivity index (χ3v) is 3.10. The zero-order valence-corrected chi connectivity index (χ0v) is 8.69. The van der Waals surface area contributed by atoms with E-state index in [1.807, 2.05) is 0 Å². The molecular weight excluding hydrogens is 205 g/mol. The van der Waals surface area contributed by atoms with Crippen LogP contribution < -0.4 is 5.32 Å². The van der Waals surface area contributed by atoms with Gasteiger partial charge in [0.05, 0.1) is 6.54 Å². The molecule has 2 fully saturated rings. The van der Waals surface area contributed by atoms with Crippen LogP contribution in [0.15, 0.2) is 0 Å². The van der Waals surface area contributed by atoms with Crippen molar-refractivity contribution in [1.29, 1.82) is 0 Å². The van der Waals surface area contributed by atoms with Gasteiger partial charge in [0.1, 0.15) is 0 Å². The molecule has 1 aliphatic carbocycles. The molecule has 2 aliphatic rings. The maximum absolute atomic E-state index is 12.2. The highest BCUT2D eigenvalue weighted by Crippen LogP contribution is 2.25. The van der Waals surface area contributed by atoms with Crippen LogP contribution in [0.3, 0.4) is 0 Å². The molecule has 5 heteroatoms. The SMILES string of the molecule is FC(F)(F)CN1CCCC1CNC1CC1. The van der Waals surface area contributed by atoms with Crippen molar-refractivity contribution in [1.82, 2.24) is 10.2 Å². The van der Waals surface area contributed by atoms with Crippen LogP contribution in [-0.2, 0) is 0 Å². The molecule has 88 valence electrons. The fourth-order valence-electron chi connectivity index (χ4n) is 2.15. The molecule has 0 amide bonds. The first-order valence-electron chi connectivity index (χ1n) is 5.59. The smallest absolute Gasteiger partial charge is 0.312 e. The molecule has 1 N–H and O–H groups in total. The summed E-state index contributed by atoms with van der Waals surface area (Å²) in [4.78, 5) is 1.56. The highest BCUT2D eigenvalue weighted by atomic mass is 19.4. The second-order valence-electron chi connectivity index (χ2n) is 4.56. The predicted octanol–water partition coefficient (Wildman–Crippen LogP) is 1.77. The van der Waals surface area contributed by atoms with Crippen molar-refractivity contribution < 1.29 is 13.2 Å². The summed E-state index contributed by atoms with van der Waals surface area (Å²) in [5.74, 6) is 0. The summed E-state index contributed by atoms with van der Waals surface area (Å²) in [7, 11) is 0. The lowest BCUT2D eigenvalue weighted by Crippen LogP contribution is -2.43. The summed E-state index contributed by atoms with van der Waals surface area (Å²) in [6, 6.07) is 0.672. The molecule has 1 aliphatic heterocycles. The lowest BCUT2D eigenvalue weighted by molar-refractivity contribution is -0.147. The molecule has 2 rings (SSSR count). The van der Waals surface area contributed by atoms with Crippen molar-refractivity contribution in [2.45, 2.75) is 43.9 Å². The van der Waals surface area contributed by atoms with Gasteiger partial charge in [-0.15, -0.1) is 0 Å². The van der Waals surface area contributed by atoms with E-state index in [1.165, 1.54) is 12.8 Å². The number of likely N-dealkylation sites (tertiary alicyclic amines) is 1. The summed E-state index contributed by atoms with van der Waals surface area (Å²) in [6.45, 7) is 0.571. The Labute approximate surface area is 87.8 Å². The van der Waals surface area contributed by atoms with E-state index in [1.54, 1.807) is 4.90 Å². The fraction of sp³-hybridized carbons (Fsp3) is 1.00. The molecule has 1 atom stereocenters. The molecule has 1 heterocycles. The van der Waals surface area contributed by atoms with E-state index < -0.39 is 12.7 Å². The van der Waals surface area contributed by atoms with Crippen LogP contribution in [0.4, 0.5) is 13.2 Å². The zero-order chi connectivity index (χ0) is 10.9. The average molecular weight is 222 g/mol. The van der Waals surface area contributed by atoms with Gasteiger partial charge < -0.3 is 5.32 Å². The number of nitrogens with zero attached hydrogens (tertiary/aromatic N) is 1. The Kier molecular flexibility index (Phi) is 3.21. The van der Waals surface area contributed by atoms with E-state index in [4.69, 9.17) is 0 Å². The van der Waals surface area contributed by atoms with Crippen molar-refractivity contribution in [3.8, 4) is 0 Å². The van der Waals surface area contributed by atoms with Gasteiger partial charge in [-0.1, -0.05) is 0 Å². The summed E-state index contributed by atoms with van der Waals surface area (Å²) in [6.07, 6.45) is 0.114. The summed E-state index contributed by atoms with van der Waals surface area (Å²) in [5, 5.41) is 3.31. The molecule has 1 saturated heterocycles. The lowest BCUT2D eigenvalue weighted by atomic mass is 10.2. The van der Waals surface area contributed by atoms with Crippen molar-refractivity contribution in [2.75, 3.05) is 19.6 Å². The van der Waals surface area contributed by atoms with E-state index in [0.29, 0.717) is 12.6 Å². The second kappa shape index (κ2) is 4.29. The third-order valence-electron chi connectivity index (χ3n) is 3.10. The van der Waals surface area contributed by atoms with E-state index in [0.717, 1.165) is 19.4 Å². The van der Waals surface area contributed by atoms with Crippen LogP contribution in [0.1, 0.15) is 25.7 Å². The van der Waals surface area contributed by atoms with Gasteiger partial charge in [0.2, 0.25) is 0 Å². The number of halogens is 3. The molecular formula is C10H17F3N2. The van der Waals surface area contributed by atoms with Crippen LogP contribution in [0, 0.1) is 0 Å². The molecule has 1 saturated carbocycles. The van der Waals surface area contributed by atoms with Crippen molar-refractivity contribution in [3.63, 3.8) is 0 Å². The second-order valence-corrected chi connectivity index (χ2v) is 4.56. The van der Waals surface area contributed by atoms with Crippen LogP contribution in [-0.4, -0.2) is 42.8 Å². The Morgan fingerprint density at radius 2 is 1.93 bits per heavy atom. The maximum atomic E-state index is 12.2. The van der Waals surface area contributed by atoms with Gasteiger partial charge in [-0.05, 0) is 32.2 Å². The molecule has 0 aromatic rings. The minimum absolute atomic E-state index is 0.0900. The standard InChI is InChI=1S/C10H17F3N2/c11-10(12,13)7-15-5-1-2-9(15)6-14-8-3-4-8/h8-9,14H,1-7H2. The van der Waals surface area contributed by atoms with Gasteiger partial charge >= 0.3 is 6.18 Å². The molecule has 0 bridgehead atoms. The van der Waals surface area contributed by atoms with Crippen molar-refractivity contribution in [3.05, 3.63) is 0 Å². The topological polar surface area (TPSA) is 15.3 Å². The molecule has 2 nitrogen and oxygen atoms in total. The number of rotatable bonds is 4. The quantitative estimate of drug-likeness (QED) is 0.779. The molecule has 0 radical (unpaired) electrons. The Morgan fingerprint density at radius 1 is 1.20 bits per heavy atom. The molecule has 0 aromatic carbocycles. The minimum atomic E-state index is -4.05. The largest absolute Gasteiger partial charge is 0.401 e. The normalized spacial score (nSPS) is 28.6. The maximum Gasteiger partial charge on any atom is 0.401 e. The molecule has 15 heavy (non-hydrogen) atoms. The first-order chi connectivity index (χ1) is 7.04. The Balaban J connectivity index is 1.76. The Hall–Kier alpha value is -0.290. The Morgan fingerprint density at radius 3 is 2.53 bits per heavy atom. The monoisotopic (exact) mass is 222 g/mol. The first-order valence-corrected chi connectivity index (χ1v) is 5.59. The number of hydrogen-bond donors (Lipinski definition) is 1. The number of hydrogen-bond acceptors (Lipinski definition) is 2. The fourth-order valence-corrected chi connectivity index (χ4v) is 2.15. The van der Waals surface area contributed by atoms with Crippen molar-refractivity contribution >= 4 is 0 Å². The summed E-state index contributed by atoms with van der Waals surface area (Å²) < 4.78 is 36.7. The minimum Gasteiger partial charge on any atom is -0.312 e. The lowest BCUT2D eigenvalue weighted by Gasteiger charge is -2.25. The number of nitrogens with one attached hydrogen (secondary N) is 1. The third kappa shape index (κ3) is 3.65. The highest BCUT2D eigenvalue weighted by molar-refractivity contribution is 4.87. The predicted molar refractivity (Wildman–Crippen MR) is 51.7 cm³/mol. The van der Waals surface area contributed by atoms with E-state index in [2.05, 4.69) is 5.32 Å². The summed E-state index contributed by atoms with van der Waals surface area (Å²) >= 11 is 0. The van der Waals surface area contributed by atoms with Gasteiger partial charge in [-0.25, -0.2) is 0 Å². The Bertz CT molecular complexity index is 213. The average Bonchev–Trinajstić information content (AvgIpc) is 2.84.